The molecule has 0 N–H and O–H groups in total. The van der Waals surface area contributed by atoms with E-state index in [4.69, 9.17) is 14.2 Å². The van der Waals surface area contributed by atoms with Crippen LogP contribution in [-0.4, -0.2) is 43.0 Å². The molecule has 28 heavy (non-hydrogen) atoms. The third-order valence-corrected chi connectivity index (χ3v) is 4.99. The summed E-state index contributed by atoms with van der Waals surface area (Å²) in [4.78, 5) is 25.3. The number of halogens is 1. The van der Waals surface area contributed by atoms with Crippen LogP contribution in [0.15, 0.2) is 48.5 Å². The number of methoxy groups -OCH3 is 3. The maximum absolute atomic E-state index is 12.7. The van der Waals surface area contributed by atoms with E-state index in [1.165, 1.54) is 26.0 Å². The Morgan fingerprint density at radius 2 is 1.61 bits per heavy atom. The second-order valence-electron chi connectivity index (χ2n) is 5.62. The second kappa shape index (κ2) is 8.42. The van der Waals surface area contributed by atoms with Crippen LogP contribution in [-0.2, 0) is 9.47 Å². The van der Waals surface area contributed by atoms with Crippen molar-refractivity contribution in [2.75, 3.05) is 21.3 Å². The van der Waals surface area contributed by atoms with Gasteiger partial charge in [0.2, 0.25) is 0 Å². The molecule has 3 rings (SSSR count). The zero-order valence-corrected chi connectivity index (χ0v) is 17.6. The lowest BCUT2D eigenvalue weighted by molar-refractivity contribution is 0.0549. The summed E-state index contributed by atoms with van der Waals surface area (Å²) in [5.74, 6) is -0.877. The molecule has 0 aliphatic rings. The van der Waals surface area contributed by atoms with Crippen LogP contribution in [0, 0.1) is 3.57 Å². The van der Waals surface area contributed by atoms with Gasteiger partial charge in [-0.05, 0) is 46.9 Å². The fourth-order valence-electron chi connectivity index (χ4n) is 2.83. The Bertz CT molecular complexity index is 1030. The molecule has 144 valence electrons. The van der Waals surface area contributed by atoms with Crippen molar-refractivity contribution in [2.24, 2.45) is 0 Å². The summed E-state index contributed by atoms with van der Waals surface area (Å²) < 4.78 is 17.5. The highest BCUT2D eigenvalue weighted by atomic mass is 127. The molecule has 0 aliphatic carbocycles. The Kier molecular flexibility index (Phi) is 5.98. The number of carbonyl (C=O) groups is 2. The van der Waals surface area contributed by atoms with Crippen LogP contribution < -0.4 is 4.74 Å². The lowest BCUT2D eigenvalue weighted by Gasteiger charge is -2.10. The Morgan fingerprint density at radius 3 is 2.21 bits per heavy atom. The first-order valence-corrected chi connectivity index (χ1v) is 9.29. The number of rotatable bonds is 5. The number of aromatic nitrogens is 2. The highest BCUT2D eigenvalue weighted by Crippen LogP contribution is 2.37. The normalized spacial score (nSPS) is 10.4. The van der Waals surface area contributed by atoms with Gasteiger partial charge in [-0.25, -0.2) is 14.3 Å². The summed E-state index contributed by atoms with van der Waals surface area (Å²) in [5.41, 5.74) is 1.46. The fourth-order valence-corrected chi connectivity index (χ4v) is 3.56. The molecule has 1 aromatic heterocycles. The molecule has 0 saturated heterocycles. The largest absolute Gasteiger partial charge is 0.496 e. The minimum absolute atomic E-state index is 0.0145. The summed E-state index contributed by atoms with van der Waals surface area (Å²) in [5, 5.41) is 4.59. The van der Waals surface area contributed by atoms with Crippen molar-refractivity contribution in [3.05, 3.63) is 63.4 Å². The smallest absolute Gasteiger partial charge is 0.357 e. The maximum atomic E-state index is 12.7. The molecule has 3 aromatic rings. The van der Waals surface area contributed by atoms with Crippen molar-refractivity contribution < 1.29 is 23.8 Å². The molecule has 0 saturated carbocycles. The van der Waals surface area contributed by atoms with Gasteiger partial charge < -0.3 is 14.2 Å². The molecule has 1 heterocycles. The van der Waals surface area contributed by atoms with E-state index >= 15 is 0 Å². The molecule has 0 amide bonds. The average Bonchev–Trinajstić information content (AvgIpc) is 3.13. The topological polar surface area (TPSA) is 79.7 Å². The van der Waals surface area contributed by atoms with Crippen molar-refractivity contribution in [2.45, 2.75) is 0 Å². The number of hydrogen-bond acceptors (Lipinski definition) is 6. The lowest BCUT2D eigenvalue weighted by atomic mass is 10.0. The van der Waals surface area contributed by atoms with E-state index in [2.05, 4.69) is 27.7 Å². The molecule has 0 radical (unpaired) electrons. The molecule has 0 unspecified atom stereocenters. The first-order chi connectivity index (χ1) is 13.5. The molecule has 0 aliphatic heterocycles. The van der Waals surface area contributed by atoms with Gasteiger partial charge in [-0.1, -0.05) is 24.3 Å². The Labute approximate surface area is 175 Å². The Balaban J connectivity index is 2.43. The summed E-state index contributed by atoms with van der Waals surface area (Å²) in [6.07, 6.45) is 0. The standard InChI is InChI=1S/C20H17IN2O5/c1-26-14-11-7-10-13(21)15(14)17-16(19(24)27-2)18(20(25)28-3)23(22-17)12-8-5-4-6-9-12/h4-11H,1-3H3. The van der Waals surface area contributed by atoms with Crippen LogP contribution in [0.1, 0.15) is 20.8 Å². The third kappa shape index (κ3) is 3.47. The number of benzene rings is 2. The molecule has 0 atom stereocenters. The summed E-state index contributed by atoms with van der Waals surface area (Å²) in [6, 6.07) is 14.5. The summed E-state index contributed by atoms with van der Waals surface area (Å²) in [6.45, 7) is 0. The predicted molar refractivity (Wildman–Crippen MR) is 111 cm³/mol. The molecule has 0 fully saturated rings. The van der Waals surface area contributed by atoms with E-state index < -0.39 is 11.9 Å². The molecule has 0 bridgehead atoms. The van der Waals surface area contributed by atoms with E-state index in [0.29, 0.717) is 17.0 Å². The van der Waals surface area contributed by atoms with Crippen LogP contribution >= 0.6 is 22.6 Å². The molecule has 8 heteroatoms. The predicted octanol–water partition coefficient (Wildman–Crippen LogP) is 3.73. The molecular weight excluding hydrogens is 475 g/mol. The van der Waals surface area contributed by atoms with Gasteiger partial charge in [0.15, 0.2) is 5.69 Å². The minimum atomic E-state index is -0.701. The van der Waals surface area contributed by atoms with Crippen molar-refractivity contribution in [3.8, 4) is 22.7 Å². The number of ether oxygens (including phenoxy) is 3. The first-order valence-electron chi connectivity index (χ1n) is 8.21. The van der Waals surface area contributed by atoms with E-state index in [1.807, 2.05) is 30.3 Å². The lowest BCUT2D eigenvalue weighted by Crippen LogP contribution is -2.15. The summed E-state index contributed by atoms with van der Waals surface area (Å²) in [7, 11) is 4.03. The van der Waals surface area contributed by atoms with Gasteiger partial charge in [0.1, 0.15) is 17.0 Å². The van der Waals surface area contributed by atoms with Crippen molar-refractivity contribution in [1.82, 2.24) is 9.78 Å². The third-order valence-electron chi connectivity index (χ3n) is 4.09. The molecular formula is C20H17IN2O5. The summed E-state index contributed by atoms with van der Waals surface area (Å²) >= 11 is 2.13. The molecule has 2 aromatic carbocycles. The monoisotopic (exact) mass is 492 g/mol. The van der Waals surface area contributed by atoms with Gasteiger partial charge in [-0.2, -0.15) is 5.10 Å². The number of nitrogens with zero attached hydrogens (tertiary/aromatic N) is 2. The highest BCUT2D eigenvalue weighted by molar-refractivity contribution is 14.1. The number of hydrogen-bond donors (Lipinski definition) is 0. The number of esters is 2. The van der Waals surface area contributed by atoms with Crippen LogP contribution in [0.3, 0.4) is 0 Å². The van der Waals surface area contributed by atoms with E-state index in [0.717, 1.165) is 3.57 Å². The van der Waals surface area contributed by atoms with Gasteiger partial charge in [0, 0.05) is 3.57 Å². The zero-order valence-electron chi connectivity index (χ0n) is 15.4. The van der Waals surface area contributed by atoms with Crippen LogP contribution in [0.5, 0.6) is 5.75 Å². The number of para-hydroxylation sites is 1. The Morgan fingerprint density at radius 1 is 0.929 bits per heavy atom. The van der Waals surface area contributed by atoms with Gasteiger partial charge in [0.25, 0.3) is 0 Å². The molecule has 0 spiro atoms. The van der Waals surface area contributed by atoms with Crippen molar-refractivity contribution in [1.29, 1.82) is 0 Å². The van der Waals surface area contributed by atoms with E-state index in [1.54, 1.807) is 18.2 Å². The second-order valence-corrected chi connectivity index (χ2v) is 6.78. The highest BCUT2D eigenvalue weighted by Gasteiger charge is 2.33. The fraction of sp³-hybridized carbons (Fsp3) is 0.150. The average molecular weight is 492 g/mol. The SMILES string of the molecule is COC(=O)c1c(-c2c(I)cccc2OC)nn(-c2ccccc2)c1C(=O)OC. The van der Waals surface area contributed by atoms with E-state index in [-0.39, 0.29) is 17.0 Å². The van der Waals surface area contributed by atoms with Crippen LogP contribution in [0.2, 0.25) is 0 Å². The zero-order chi connectivity index (χ0) is 20.3. The van der Waals surface area contributed by atoms with Gasteiger partial charge in [-0.15, -0.1) is 0 Å². The van der Waals surface area contributed by atoms with Crippen LogP contribution in [0.4, 0.5) is 0 Å². The van der Waals surface area contributed by atoms with Gasteiger partial charge in [0.05, 0.1) is 32.6 Å². The minimum Gasteiger partial charge on any atom is -0.496 e. The maximum Gasteiger partial charge on any atom is 0.357 e. The van der Waals surface area contributed by atoms with Gasteiger partial charge >= 0.3 is 11.9 Å². The molecule has 7 nitrogen and oxygen atoms in total. The Hall–Kier alpha value is -2.88. The van der Waals surface area contributed by atoms with Gasteiger partial charge in [-0.3, -0.25) is 0 Å². The van der Waals surface area contributed by atoms with Crippen molar-refractivity contribution in [3.63, 3.8) is 0 Å². The number of carbonyl (C=O) groups excluding carboxylic acids is 2. The first kappa shape index (κ1) is 19.9. The quantitative estimate of drug-likeness (QED) is 0.399. The van der Waals surface area contributed by atoms with Crippen LogP contribution in [0.25, 0.3) is 16.9 Å². The van der Waals surface area contributed by atoms with E-state index in [9.17, 15) is 9.59 Å². The van der Waals surface area contributed by atoms with Crippen molar-refractivity contribution >= 4 is 34.5 Å².